The highest BCUT2D eigenvalue weighted by Gasteiger charge is 2.09. The molecule has 0 saturated heterocycles. The van der Waals surface area contributed by atoms with Gasteiger partial charge in [0.1, 0.15) is 11.4 Å². The summed E-state index contributed by atoms with van der Waals surface area (Å²) >= 11 is 0. The lowest BCUT2D eigenvalue weighted by molar-refractivity contribution is -0.118. The van der Waals surface area contributed by atoms with E-state index in [-0.39, 0.29) is 11.3 Å². The lowest BCUT2D eigenvalue weighted by Crippen LogP contribution is -2.25. The second-order valence-corrected chi connectivity index (χ2v) is 4.05. The van der Waals surface area contributed by atoms with E-state index in [4.69, 9.17) is 9.26 Å². The van der Waals surface area contributed by atoms with Crippen LogP contribution >= 0.6 is 0 Å². The summed E-state index contributed by atoms with van der Waals surface area (Å²) < 4.78 is 10.2. The summed E-state index contributed by atoms with van der Waals surface area (Å²) in [6.07, 6.45) is 0.337. The molecule has 0 aliphatic rings. The number of carbonyl (C=O) groups is 1. The number of amides is 1. The van der Waals surface area contributed by atoms with Gasteiger partial charge < -0.3 is 14.6 Å². The third-order valence-corrected chi connectivity index (χ3v) is 2.69. The molecule has 1 aromatic heterocycles. The highest BCUT2D eigenvalue weighted by molar-refractivity contribution is 5.77. The molecular formula is C13H14N2O4. The van der Waals surface area contributed by atoms with E-state index in [1.165, 1.54) is 14.0 Å². The maximum atomic E-state index is 12.1. The van der Waals surface area contributed by atoms with Gasteiger partial charge in [0.25, 0.3) is 0 Å². The molecule has 19 heavy (non-hydrogen) atoms. The fraction of sp³-hybridized carbons (Fsp3) is 0.308. The minimum absolute atomic E-state index is 0.144. The van der Waals surface area contributed by atoms with Gasteiger partial charge >= 0.3 is 0 Å². The van der Waals surface area contributed by atoms with Crippen molar-refractivity contribution in [2.75, 3.05) is 13.7 Å². The van der Waals surface area contributed by atoms with Gasteiger partial charge in [0.05, 0.1) is 12.5 Å². The first-order valence-electron chi connectivity index (χ1n) is 5.83. The Kier molecular flexibility index (Phi) is 3.79. The summed E-state index contributed by atoms with van der Waals surface area (Å²) in [6, 6.07) is 4.95. The zero-order chi connectivity index (χ0) is 13.8. The number of aromatic nitrogens is 1. The fourth-order valence-corrected chi connectivity index (χ4v) is 1.71. The molecule has 2 rings (SSSR count). The van der Waals surface area contributed by atoms with Crippen molar-refractivity contribution in [1.82, 2.24) is 10.5 Å². The predicted molar refractivity (Wildman–Crippen MR) is 69.2 cm³/mol. The van der Waals surface area contributed by atoms with Gasteiger partial charge in [0.15, 0.2) is 5.58 Å². The Morgan fingerprint density at radius 3 is 2.95 bits per heavy atom. The zero-order valence-electron chi connectivity index (χ0n) is 10.7. The molecule has 0 fully saturated rings. The van der Waals surface area contributed by atoms with Crippen molar-refractivity contribution in [3.8, 4) is 5.75 Å². The average Bonchev–Trinajstić information content (AvgIpc) is 2.40. The summed E-state index contributed by atoms with van der Waals surface area (Å²) in [6.45, 7) is 1.78. The smallest absolute Gasteiger partial charge is 0.216 e. The second-order valence-electron chi connectivity index (χ2n) is 4.05. The van der Waals surface area contributed by atoms with Crippen LogP contribution in [0.1, 0.15) is 12.6 Å². The van der Waals surface area contributed by atoms with E-state index in [0.29, 0.717) is 35.4 Å². The highest BCUT2D eigenvalue weighted by atomic mass is 16.5. The Hall–Kier alpha value is -2.37. The van der Waals surface area contributed by atoms with Crippen LogP contribution in [0, 0.1) is 0 Å². The molecular weight excluding hydrogens is 248 g/mol. The summed E-state index contributed by atoms with van der Waals surface area (Å²) in [5.74, 6) is 0.457. The van der Waals surface area contributed by atoms with Crippen molar-refractivity contribution in [2.24, 2.45) is 0 Å². The number of ether oxygens (including phenoxy) is 1. The van der Waals surface area contributed by atoms with Gasteiger partial charge in [-0.25, -0.2) is 0 Å². The van der Waals surface area contributed by atoms with Crippen molar-refractivity contribution >= 4 is 16.9 Å². The average molecular weight is 262 g/mol. The largest absolute Gasteiger partial charge is 0.497 e. The van der Waals surface area contributed by atoms with Gasteiger partial charge in [0.2, 0.25) is 11.3 Å². The molecule has 1 heterocycles. The number of fused-ring (bicyclic) bond motifs is 1. The number of benzene rings is 1. The van der Waals surface area contributed by atoms with E-state index in [2.05, 4.69) is 10.5 Å². The molecule has 0 atom stereocenters. The molecule has 0 spiro atoms. The van der Waals surface area contributed by atoms with Gasteiger partial charge in [-0.15, -0.1) is 0 Å². The molecule has 6 nitrogen and oxygen atoms in total. The van der Waals surface area contributed by atoms with Crippen LogP contribution in [0.5, 0.6) is 5.75 Å². The van der Waals surface area contributed by atoms with Gasteiger partial charge in [-0.3, -0.25) is 9.59 Å². The molecule has 2 aromatic rings. The Balaban J connectivity index is 2.30. The van der Waals surface area contributed by atoms with Gasteiger partial charge in [0, 0.05) is 26.0 Å². The van der Waals surface area contributed by atoms with E-state index in [0.717, 1.165) is 0 Å². The standard InChI is InChI=1S/C13H14N2O4/c1-8(16)14-6-5-11-13(17)10-4-3-9(18-2)7-12(10)19-15-11/h3-4,7H,5-6H2,1-2H3,(H,14,16). The number of nitrogens with one attached hydrogen (secondary N) is 1. The van der Waals surface area contributed by atoms with Crippen molar-refractivity contribution in [1.29, 1.82) is 0 Å². The first kappa shape index (κ1) is 13.1. The monoisotopic (exact) mass is 262 g/mol. The molecule has 0 unspecified atom stereocenters. The highest BCUT2D eigenvalue weighted by Crippen LogP contribution is 2.17. The van der Waals surface area contributed by atoms with Crippen LogP contribution in [-0.2, 0) is 11.2 Å². The molecule has 0 saturated carbocycles. The van der Waals surface area contributed by atoms with Crippen LogP contribution in [0.15, 0.2) is 27.5 Å². The van der Waals surface area contributed by atoms with Gasteiger partial charge in [-0.1, -0.05) is 5.16 Å². The Bertz CT molecular complexity index is 663. The van der Waals surface area contributed by atoms with Crippen LogP contribution in [0.3, 0.4) is 0 Å². The number of methoxy groups -OCH3 is 1. The van der Waals surface area contributed by atoms with E-state index >= 15 is 0 Å². The maximum absolute atomic E-state index is 12.1. The minimum Gasteiger partial charge on any atom is -0.497 e. The van der Waals surface area contributed by atoms with Crippen molar-refractivity contribution in [3.63, 3.8) is 0 Å². The normalized spacial score (nSPS) is 10.4. The van der Waals surface area contributed by atoms with E-state index in [9.17, 15) is 9.59 Å². The lowest BCUT2D eigenvalue weighted by Gasteiger charge is -2.03. The molecule has 0 aliphatic heterocycles. The Labute approximate surface area is 109 Å². The summed E-state index contributed by atoms with van der Waals surface area (Å²) in [4.78, 5) is 22.9. The van der Waals surface area contributed by atoms with Crippen LogP contribution in [0.4, 0.5) is 0 Å². The summed E-state index contributed by atoms with van der Waals surface area (Å²) in [7, 11) is 1.54. The lowest BCUT2D eigenvalue weighted by atomic mass is 10.2. The Morgan fingerprint density at radius 2 is 2.26 bits per heavy atom. The fourth-order valence-electron chi connectivity index (χ4n) is 1.71. The first-order valence-corrected chi connectivity index (χ1v) is 5.83. The van der Waals surface area contributed by atoms with E-state index in [1.807, 2.05) is 0 Å². The molecule has 1 amide bonds. The Morgan fingerprint density at radius 1 is 1.47 bits per heavy atom. The number of hydrogen-bond donors (Lipinski definition) is 1. The third kappa shape index (κ3) is 2.90. The number of carbonyl (C=O) groups excluding carboxylic acids is 1. The summed E-state index contributed by atoms with van der Waals surface area (Å²) in [5, 5.41) is 6.84. The third-order valence-electron chi connectivity index (χ3n) is 2.69. The summed E-state index contributed by atoms with van der Waals surface area (Å²) in [5.41, 5.74) is 0.494. The molecule has 0 radical (unpaired) electrons. The molecule has 0 bridgehead atoms. The zero-order valence-corrected chi connectivity index (χ0v) is 10.7. The van der Waals surface area contributed by atoms with E-state index < -0.39 is 0 Å². The van der Waals surface area contributed by atoms with E-state index in [1.54, 1.807) is 18.2 Å². The van der Waals surface area contributed by atoms with Crippen molar-refractivity contribution in [2.45, 2.75) is 13.3 Å². The quantitative estimate of drug-likeness (QED) is 0.884. The minimum atomic E-state index is -0.186. The van der Waals surface area contributed by atoms with Crippen LogP contribution in [-0.4, -0.2) is 24.7 Å². The van der Waals surface area contributed by atoms with Crippen LogP contribution in [0.2, 0.25) is 0 Å². The van der Waals surface area contributed by atoms with Gasteiger partial charge in [-0.05, 0) is 12.1 Å². The number of rotatable bonds is 4. The molecule has 6 heteroatoms. The predicted octanol–water partition coefficient (Wildman–Crippen LogP) is 0.875. The second kappa shape index (κ2) is 5.51. The number of nitrogens with zero attached hydrogens (tertiary/aromatic N) is 1. The van der Waals surface area contributed by atoms with Crippen molar-refractivity contribution in [3.05, 3.63) is 34.1 Å². The first-order chi connectivity index (χ1) is 9.11. The topological polar surface area (TPSA) is 81.4 Å². The molecule has 1 N–H and O–H groups in total. The molecule has 0 aliphatic carbocycles. The molecule has 1 aromatic carbocycles. The number of hydrogen-bond acceptors (Lipinski definition) is 5. The van der Waals surface area contributed by atoms with Crippen LogP contribution in [0.25, 0.3) is 11.0 Å². The van der Waals surface area contributed by atoms with Gasteiger partial charge in [-0.2, -0.15) is 0 Å². The SMILES string of the molecule is COc1ccc2c(=O)c(CCNC(C)=O)noc2c1. The van der Waals surface area contributed by atoms with Crippen molar-refractivity contribution < 1.29 is 14.1 Å². The molecule has 100 valence electrons. The maximum Gasteiger partial charge on any atom is 0.216 e. The van der Waals surface area contributed by atoms with Crippen LogP contribution < -0.4 is 15.5 Å².